The number of nitrogens with one attached hydrogen (secondary N) is 1. The molecule has 3 aliphatic rings. The van der Waals surface area contributed by atoms with Crippen molar-refractivity contribution in [1.82, 2.24) is 5.32 Å². The SMILES string of the molecule is Nc1sc2c(c1C(=O)NC1CC1)CCC(CO)(CC1CC1)C2=O. The number of hydrogen-bond donors (Lipinski definition) is 3. The third kappa shape index (κ3) is 2.58. The van der Waals surface area contributed by atoms with E-state index in [2.05, 4.69) is 5.32 Å². The van der Waals surface area contributed by atoms with E-state index in [9.17, 15) is 14.7 Å². The molecule has 2 saturated carbocycles. The molecule has 124 valence electrons. The summed E-state index contributed by atoms with van der Waals surface area (Å²) in [5.41, 5.74) is 6.71. The minimum Gasteiger partial charge on any atom is -0.395 e. The number of aliphatic hydroxyl groups is 1. The largest absolute Gasteiger partial charge is 0.395 e. The number of nitrogens with two attached hydrogens (primary N) is 1. The molecular weight excluding hydrogens is 312 g/mol. The van der Waals surface area contributed by atoms with Gasteiger partial charge in [0.1, 0.15) is 0 Å². The van der Waals surface area contributed by atoms with Crippen LogP contribution in [0.25, 0.3) is 0 Å². The van der Waals surface area contributed by atoms with Gasteiger partial charge in [0.05, 0.1) is 27.5 Å². The maximum atomic E-state index is 13.0. The Hall–Kier alpha value is -1.40. The number of aliphatic hydroxyl groups excluding tert-OH is 1. The first-order chi connectivity index (χ1) is 11.0. The van der Waals surface area contributed by atoms with Crippen molar-refractivity contribution in [1.29, 1.82) is 0 Å². The number of thiophene rings is 1. The van der Waals surface area contributed by atoms with Crippen molar-refractivity contribution >= 4 is 28.0 Å². The Bertz CT molecular complexity index is 676. The van der Waals surface area contributed by atoms with Gasteiger partial charge in [-0.25, -0.2) is 0 Å². The Labute approximate surface area is 139 Å². The number of carbonyl (C=O) groups is 2. The number of hydrogen-bond acceptors (Lipinski definition) is 5. The number of Topliss-reactive ketones (excluding diaryl/α,β-unsaturated/α-hetero) is 1. The van der Waals surface area contributed by atoms with Crippen molar-refractivity contribution in [2.75, 3.05) is 12.3 Å². The normalized spacial score (nSPS) is 26.9. The Morgan fingerprint density at radius 2 is 2.09 bits per heavy atom. The first kappa shape index (κ1) is 15.1. The maximum Gasteiger partial charge on any atom is 0.254 e. The van der Waals surface area contributed by atoms with Crippen molar-refractivity contribution in [3.63, 3.8) is 0 Å². The topological polar surface area (TPSA) is 92.4 Å². The highest BCUT2D eigenvalue weighted by Crippen LogP contribution is 2.49. The van der Waals surface area contributed by atoms with Gasteiger partial charge < -0.3 is 16.2 Å². The van der Waals surface area contributed by atoms with Gasteiger partial charge in [-0.1, -0.05) is 12.8 Å². The summed E-state index contributed by atoms with van der Waals surface area (Å²) < 4.78 is 0. The lowest BCUT2D eigenvalue weighted by Gasteiger charge is -2.34. The minimum atomic E-state index is -0.657. The molecule has 0 radical (unpaired) electrons. The highest BCUT2D eigenvalue weighted by Gasteiger charge is 2.47. The average molecular weight is 334 g/mol. The fourth-order valence-corrected chi connectivity index (χ4v) is 4.82. The fourth-order valence-electron chi connectivity index (χ4n) is 3.64. The number of nitrogen functional groups attached to an aromatic ring is 1. The summed E-state index contributed by atoms with van der Waals surface area (Å²) in [6, 6.07) is 0.267. The van der Waals surface area contributed by atoms with Crippen molar-refractivity contribution in [3.05, 3.63) is 16.0 Å². The van der Waals surface area contributed by atoms with Crippen LogP contribution in [-0.2, 0) is 6.42 Å². The van der Waals surface area contributed by atoms with Gasteiger partial charge in [-0.15, -0.1) is 11.3 Å². The van der Waals surface area contributed by atoms with Crippen molar-refractivity contribution in [3.8, 4) is 0 Å². The summed E-state index contributed by atoms with van der Waals surface area (Å²) in [4.78, 5) is 26.0. The molecule has 0 bridgehead atoms. The number of ketones is 1. The molecule has 0 saturated heterocycles. The molecule has 23 heavy (non-hydrogen) atoms. The van der Waals surface area contributed by atoms with Crippen molar-refractivity contribution < 1.29 is 14.7 Å². The third-order valence-electron chi connectivity index (χ3n) is 5.39. The van der Waals surface area contributed by atoms with E-state index in [1.165, 1.54) is 11.3 Å². The molecule has 1 atom stereocenters. The standard InChI is InChI=1S/C17H22N2O3S/c18-15-12(16(22)19-10-3-4-10)11-5-6-17(8-20,7-9-1-2-9)14(21)13(11)23-15/h9-10,20H,1-8,18H2,(H,19,22). The molecule has 6 heteroatoms. The van der Waals surface area contributed by atoms with E-state index in [1.807, 2.05) is 0 Å². The van der Waals surface area contributed by atoms with Gasteiger partial charge >= 0.3 is 0 Å². The molecule has 1 aromatic heterocycles. The maximum absolute atomic E-state index is 13.0. The van der Waals surface area contributed by atoms with Crippen LogP contribution in [0.4, 0.5) is 5.00 Å². The molecule has 3 aliphatic carbocycles. The molecule has 0 aromatic carbocycles. The number of fused-ring (bicyclic) bond motifs is 1. The lowest BCUT2D eigenvalue weighted by atomic mass is 9.70. The number of anilines is 1. The summed E-state index contributed by atoms with van der Waals surface area (Å²) in [7, 11) is 0. The molecule has 0 spiro atoms. The molecule has 2 fully saturated rings. The van der Waals surface area contributed by atoms with Crippen molar-refractivity contribution in [2.24, 2.45) is 11.3 Å². The first-order valence-electron chi connectivity index (χ1n) is 8.42. The number of amides is 1. The zero-order valence-corrected chi connectivity index (χ0v) is 13.9. The van der Waals surface area contributed by atoms with E-state index in [0.29, 0.717) is 34.2 Å². The van der Waals surface area contributed by atoms with E-state index in [1.54, 1.807) is 0 Å². The van der Waals surface area contributed by atoms with Crippen LogP contribution in [0.3, 0.4) is 0 Å². The Balaban J connectivity index is 1.66. The van der Waals surface area contributed by atoms with E-state index in [-0.39, 0.29) is 24.3 Å². The van der Waals surface area contributed by atoms with Crippen LogP contribution in [-0.4, -0.2) is 29.4 Å². The highest BCUT2D eigenvalue weighted by atomic mass is 32.1. The molecule has 4 N–H and O–H groups in total. The van der Waals surface area contributed by atoms with Crippen LogP contribution < -0.4 is 11.1 Å². The van der Waals surface area contributed by atoms with Crippen LogP contribution in [0.15, 0.2) is 0 Å². The van der Waals surface area contributed by atoms with Crippen molar-refractivity contribution in [2.45, 2.75) is 51.0 Å². The van der Waals surface area contributed by atoms with Gasteiger partial charge in [0, 0.05) is 6.04 Å². The van der Waals surface area contributed by atoms with Crippen LogP contribution >= 0.6 is 11.3 Å². The highest BCUT2D eigenvalue weighted by molar-refractivity contribution is 7.18. The molecule has 4 rings (SSSR count). The molecule has 1 amide bonds. The number of carbonyl (C=O) groups excluding carboxylic acids is 2. The Morgan fingerprint density at radius 1 is 1.35 bits per heavy atom. The summed E-state index contributed by atoms with van der Waals surface area (Å²) in [6.07, 6.45) is 6.38. The summed E-state index contributed by atoms with van der Waals surface area (Å²) in [6.45, 7) is -0.108. The predicted octanol–water partition coefficient (Wildman–Crippen LogP) is 2.13. The van der Waals surface area contributed by atoms with Gasteiger partial charge in [-0.3, -0.25) is 9.59 Å². The van der Waals surface area contributed by atoms with Gasteiger partial charge in [0.25, 0.3) is 5.91 Å². The zero-order chi connectivity index (χ0) is 16.2. The van der Waals surface area contributed by atoms with E-state index in [4.69, 9.17) is 5.73 Å². The van der Waals surface area contributed by atoms with Crippen LogP contribution in [0, 0.1) is 11.3 Å². The van der Waals surface area contributed by atoms with E-state index >= 15 is 0 Å². The smallest absolute Gasteiger partial charge is 0.254 e. The summed E-state index contributed by atoms with van der Waals surface area (Å²) >= 11 is 1.22. The summed E-state index contributed by atoms with van der Waals surface area (Å²) in [5, 5.41) is 13.3. The lowest BCUT2D eigenvalue weighted by Crippen LogP contribution is -2.39. The van der Waals surface area contributed by atoms with Gasteiger partial charge in [-0.05, 0) is 43.6 Å². The molecule has 1 unspecified atom stereocenters. The zero-order valence-electron chi connectivity index (χ0n) is 13.1. The molecule has 1 heterocycles. The quantitative estimate of drug-likeness (QED) is 0.769. The van der Waals surface area contributed by atoms with E-state index in [0.717, 1.165) is 37.7 Å². The van der Waals surface area contributed by atoms with Crippen LogP contribution in [0.1, 0.15) is 64.1 Å². The third-order valence-corrected chi connectivity index (χ3v) is 6.45. The Kier molecular flexibility index (Phi) is 3.50. The molecule has 0 aliphatic heterocycles. The van der Waals surface area contributed by atoms with Gasteiger partial charge in [0.2, 0.25) is 0 Å². The second kappa shape index (κ2) is 5.31. The molecule has 1 aromatic rings. The molecule has 5 nitrogen and oxygen atoms in total. The second-order valence-corrected chi connectivity index (χ2v) is 8.36. The predicted molar refractivity (Wildman–Crippen MR) is 88.7 cm³/mol. The first-order valence-corrected chi connectivity index (χ1v) is 9.23. The van der Waals surface area contributed by atoms with Crippen LogP contribution in [0.5, 0.6) is 0 Å². The Morgan fingerprint density at radius 3 is 2.70 bits per heavy atom. The monoisotopic (exact) mass is 334 g/mol. The fraction of sp³-hybridized carbons (Fsp3) is 0.647. The van der Waals surface area contributed by atoms with Gasteiger partial charge in [-0.2, -0.15) is 0 Å². The molecular formula is C17H22N2O3S. The van der Waals surface area contributed by atoms with Crippen LogP contribution in [0.2, 0.25) is 0 Å². The van der Waals surface area contributed by atoms with E-state index < -0.39 is 5.41 Å². The second-order valence-electron chi connectivity index (χ2n) is 7.31. The lowest BCUT2D eigenvalue weighted by molar-refractivity contribution is 0.0546. The number of rotatable bonds is 5. The summed E-state index contributed by atoms with van der Waals surface area (Å²) in [5.74, 6) is 0.423. The van der Waals surface area contributed by atoms with Gasteiger partial charge in [0.15, 0.2) is 5.78 Å². The minimum absolute atomic E-state index is 0.00433. The average Bonchev–Trinajstić information content (AvgIpc) is 3.43.